The van der Waals surface area contributed by atoms with Crippen LogP contribution in [-0.2, 0) is 9.59 Å². The fourth-order valence-electron chi connectivity index (χ4n) is 1.43. The molecule has 0 aromatic heterocycles. The topological polar surface area (TPSA) is 70.2 Å². The molecule has 0 atom stereocenters. The van der Waals surface area contributed by atoms with Gasteiger partial charge in [-0.15, -0.1) is 0 Å². The van der Waals surface area contributed by atoms with Crippen LogP contribution in [0.1, 0.15) is 12.8 Å². The van der Waals surface area contributed by atoms with Gasteiger partial charge >= 0.3 is 0 Å². The summed E-state index contributed by atoms with van der Waals surface area (Å²) in [7, 11) is 1.83. The minimum absolute atomic E-state index is 0.0268. The monoisotopic (exact) mass is 283 g/mol. The van der Waals surface area contributed by atoms with Crippen LogP contribution in [0.3, 0.4) is 0 Å². The Morgan fingerprint density at radius 2 is 1.84 bits per heavy atom. The van der Waals surface area contributed by atoms with Gasteiger partial charge in [-0.1, -0.05) is 11.6 Å². The summed E-state index contributed by atoms with van der Waals surface area (Å²) in [5.41, 5.74) is 0.652. The van der Waals surface area contributed by atoms with Crippen LogP contribution >= 0.6 is 11.6 Å². The molecule has 0 aliphatic rings. The van der Waals surface area contributed by atoms with Crippen molar-refractivity contribution in [2.45, 2.75) is 12.8 Å². The van der Waals surface area contributed by atoms with Crippen molar-refractivity contribution in [3.05, 3.63) is 29.3 Å². The summed E-state index contributed by atoms with van der Waals surface area (Å²) in [5, 5.41) is 8.80. The van der Waals surface area contributed by atoms with E-state index in [9.17, 15) is 9.59 Å². The summed E-state index contributed by atoms with van der Waals surface area (Å²) in [6, 6.07) is 6.78. The van der Waals surface area contributed by atoms with Gasteiger partial charge in [-0.2, -0.15) is 0 Å². The lowest BCUT2D eigenvalue weighted by Gasteiger charge is -2.07. The van der Waals surface area contributed by atoms with Gasteiger partial charge < -0.3 is 16.0 Å². The molecule has 1 aromatic carbocycles. The minimum Gasteiger partial charge on any atom is -0.347 e. The van der Waals surface area contributed by atoms with Crippen molar-refractivity contribution in [1.82, 2.24) is 10.6 Å². The molecule has 104 valence electrons. The highest BCUT2D eigenvalue weighted by molar-refractivity contribution is 6.30. The van der Waals surface area contributed by atoms with E-state index in [1.807, 2.05) is 7.05 Å². The Hall–Kier alpha value is -1.59. The van der Waals surface area contributed by atoms with Crippen LogP contribution < -0.4 is 16.0 Å². The minimum atomic E-state index is -0.260. The zero-order valence-corrected chi connectivity index (χ0v) is 11.6. The van der Waals surface area contributed by atoms with E-state index in [0.29, 0.717) is 17.1 Å². The zero-order chi connectivity index (χ0) is 14.1. The highest BCUT2D eigenvalue weighted by Crippen LogP contribution is 2.12. The largest absolute Gasteiger partial charge is 0.347 e. The predicted molar refractivity (Wildman–Crippen MR) is 76.3 cm³/mol. The number of halogens is 1. The van der Waals surface area contributed by atoms with Crippen molar-refractivity contribution in [3.8, 4) is 0 Å². The maximum absolute atomic E-state index is 11.6. The van der Waals surface area contributed by atoms with Gasteiger partial charge in [-0.25, -0.2) is 0 Å². The third-order valence-electron chi connectivity index (χ3n) is 2.40. The van der Waals surface area contributed by atoms with E-state index in [2.05, 4.69) is 16.0 Å². The molecule has 1 rings (SSSR count). The molecule has 0 aliphatic carbocycles. The maximum Gasteiger partial charge on any atom is 0.243 e. The first-order valence-corrected chi connectivity index (χ1v) is 6.46. The normalized spacial score (nSPS) is 10.0. The summed E-state index contributed by atoms with van der Waals surface area (Å²) in [4.78, 5) is 22.9. The third kappa shape index (κ3) is 6.79. The van der Waals surface area contributed by atoms with Gasteiger partial charge in [-0.05, 0) is 44.3 Å². The number of rotatable bonds is 7. The molecule has 0 heterocycles. The van der Waals surface area contributed by atoms with Crippen molar-refractivity contribution >= 4 is 29.1 Å². The molecule has 6 heteroatoms. The lowest BCUT2D eigenvalue weighted by Crippen LogP contribution is -2.33. The standard InChI is InChI=1S/C13H18ClN3O2/c1-15-8-2-3-12(18)16-9-13(19)17-11-6-4-10(14)5-7-11/h4-7,15H,2-3,8-9H2,1H3,(H,16,18)(H,17,19). The Morgan fingerprint density at radius 1 is 1.16 bits per heavy atom. The highest BCUT2D eigenvalue weighted by atomic mass is 35.5. The Bertz CT molecular complexity index is 420. The fourth-order valence-corrected chi connectivity index (χ4v) is 1.56. The SMILES string of the molecule is CNCCCC(=O)NCC(=O)Nc1ccc(Cl)cc1. The Morgan fingerprint density at radius 3 is 2.47 bits per heavy atom. The maximum atomic E-state index is 11.6. The molecular weight excluding hydrogens is 266 g/mol. The van der Waals surface area contributed by atoms with Crippen molar-refractivity contribution in [2.24, 2.45) is 0 Å². The van der Waals surface area contributed by atoms with Gasteiger partial charge in [0.25, 0.3) is 0 Å². The van der Waals surface area contributed by atoms with Gasteiger partial charge in [0.1, 0.15) is 0 Å². The van der Waals surface area contributed by atoms with Crippen LogP contribution in [0.5, 0.6) is 0 Å². The fraction of sp³-hybridized carbons (Fsp3) is 0.385. The predicted octanol–water partition coefficient (Wildman–Crippen LogP) is 1.39. The van der Waals surface area contributed by atoms with Crippen LogP contribution in [0.4, 0.5) is 5.69 Å². The van der Waals surface area contributed by atoms with Crippen LogP contribution in [0, 0.1) is 0 Å². The number of anilines is 1. The average Bonchev–Trinajstić information content (AvgIpc) is 2.39. The second-order valence-corrected chi connectivity index (χ2v) is 4.48. The summed E-state index contributed by atoms with van der Waals surface area (Å²) in [6.07, 6.45) is 1.16. The smallest absolute Gasteiger partial charge is 0.243 e. The molecule has 0 radical (unpaired) electrons. The van der Waals surface area contributed by atoms with Gasteiger partial charge in [0.2, 0.25) is 11.8 Å². The molecule has 5 nitrogen and oxygen atoms in total. The number of hydrogen-bond acceptors (Lipinski definition) is 3. The van der Waals surface area contributed by atoms with E-state index in [-0.39, 0.29) is 18.4 Å². The molecule has 2 amide bonds. The molecular formula is C13H18ClN3O2. The molecule has 0 aliphatic heterocycles. The van der Waals surface area contributed by atoms with Crippen molar-refractivity contribution in [3.63, 3.8) is 0 Å². The van der Waals surface area contributed by atoms with E-state index in [1.165, 1.54) is 0 Å². The van der Waals surface area contributed by atoms with Crippen molar-refractivity contribution in [2.75, 3.05) is 25.5 Å². The first kappa shape index (κ1) is 15.5. The Kier molecular flexibility index (Phi) is 6.92. The molecule has 19 heavy (non-hydrogen) atoms. The van der Waals surface area contributed by atoms with Gasteiger partial charge in [0.05, 0.1) is 6.54 Å². The Labute approximate surface area is 117 Å². The Balaban J connectivity index is 2.24. The van der Waals surface area contributed by atoms with Gasteiger partial charge in [-0.3, -0.25) is 9.59 Å². The second kappa shape index (κ2) is 8.50. The van der Waals surface area contributed by atoms with E-state index in [1.54, 1.807) is 24.3 Å². The number of amides is 2. The first-order chi connectivity index (χ1) is 9.11. The van der Waals surface area contributed by atoms with Crippen LogP contribution in [-0.4, -0.2) is 32.0 Å². The van der Waals surface area contributed by atoms with E-state index in [4.69, 9.17) is 11.6 Å². The average molecular weight is 284 g/mol. The van der Waals surface area contributed by atoms with Crippen LogP contribution in [0.15, 0.2) is 24.3 Å². The molecule has 1 aromatic rings. The molecule has 0 fully saturated rings. The summed E-state index contributed by atoms with van der Waals surface area (Å²) in [6.45, 7) is 0.755. The first-order valence-electron chi connectivity index (χ1n) is 6.08. The second-order valence-electron chi connectivity index (χ2n) is 4.04. The quantitative estimate of drug-likeness (QED) is 0.663. The summed E-state index contributed by atoms with van der Waals surface area (Å²) in [5.74, 6) is -0.384. The van der Waals surface area contributed by atoms with Crippen molar-refractivity contribution < 1.29 is 9.59 Å². The lowest BCUT2D eigenvalue weighted by atomic mass is 10.3. The van der Waals surface area contributed by atoms with Crippen LogP contribution in [0.25, 0.3) is 0 Å². The van der Waals surface area contributed by atoms with Crippen LogP contribution in [0.2, 0.25) is 5.02 Å². The molecule has 0 spiro atoms. The molecule has 0 unspecified atom stereocenters. The van der Waals surface area contributed by atoms with Crippen molar-refractivity contribution in [1.29, 1.82) is 0 Å². The molecule has 0 bridgehead atoms. The molecule has 0 saturated heterocycles. The van der Waals surface area contributed by atoms with E-state index in [0.717, 1.165) is 13.0 Å². The molecule has 3 N–H and O–H groups in total. The summed E-state index contributed by atoms with van der Waals surface area (Å²) >= 11 is 5.74. The number of carbonyl (C=O) groups is 2. The van der Waals surface area contributed by atoms with Gasteiger partial charge in [0.15, 0.2) is 0 Å². The number of carbonyl (C=O) groups excluding carboxylic acids is 2. The number of hydrogen-bond donors (Lipinski definition) is 3. The van der Waals surface area contributed by atoms with E-state index < -0.39 is 0 Å². The highest BCUT2D eigenvalue weighted by Gasteiger charge is 2.05. The lowest BCUT2D eigenvalue weighted by molar-refractivity contribution is -0.124. The number of nitrogens with one attached hydrogen (secondary N) is 3. The van der Waals surface area contributed by atoms with Gasteiger partial charge in [0, 0.05) is 17.1 Å². The summed E-state index contributed by atoms with van der Waals surface area (Å²) < 4.78 is 0. The third-order valence-corrected chi connectivity index (χ3v) is 2.66. The number of benzene rings is 1. The molecule has 0 saturated carbocycles. The van der Waals surface area contributed by atoms with E-state index >= 15 is 0 Å². The zero-order valence-electron chi connectivity index (χ0n) is 10.8.